The predicted octanol–water partition coefficient (Wildman–Crippen LogP) is 5.13. The highest BCUT2D eigenvalue weighted by atomic mass is 16.5. The monoisotopic (exact) mass is 292 g/mol. The molecule has 0 unspecified atom stereocenters. The van der Waals surface area contributed by atoms with Crippen LogP contribution in [0.5, 0.6) is 5.75 Å². The lowest BCUT2D eigenvalue weighted by Crippen LogP contribution is -1.97. The van der Waals surface area contributed by atoms with E-state index in [0.717, 1.165) is 31.6 Å². The summed E-state index contributed by atoms with van der Waals surface area (Å²) >= 11 is 0. The molecule has 0 aliphatic heterocycles. The van der Waals surface area contributed by atoms with E-state index in [-0.39, 0.29) is 6.61 Å². The summed E-state index contributed by atoms with van der Waals surface area (Å²) in [5.74, 6) is 0.964. The van der Waals surface area contributed by atoms with Gasteiger partial charge in [-0.15, -0.1) is 0 Å². The Bertz CT molecular complexity index is 332. The summed E-state index contributed by atoms with van der Waals surface area (Å²) in [5.41, 5.74) is 1.27. The molecule has 0 bridgehead atoms. The average molecular weight is 292 g/mol. The molecule has 1 rings (SSSR count). The Morgan fingerprint density at radius 2 is 1.43 bits per heavy atom. The standard InChI is InChI=1S/C19H32O2/c1-2-3-4-5-6-7-8-9-17-21-19-14-12-18(13-15-19)11-10-16-20/h12-15,20H,2-11,16-17H2,1H3. The lowest BCUT2D eigenvalue weighted by molar-refractivity contribution is 0.288. The number of hydrogen-bond acceptors (Lipinski definition) is 2. The van der Waals surface area contributed by atoms with Crippen molar-refractivity contribution in [3.8, 4) is 5.75 Å². The first-order valence-electron chi connectivity index (χ1n) is 8.69. The molecule has 0 heterocycles. The molecule has 0 saturated carbocycles. The first-order valence-corrected chi connectivity index (χ1v) is 8.69. The molecule has 0 fully saturated rings. The van der Waals surface area contributed by atoms with Crippen LogP contribution in [0.2, 0.25) is 0 Å². The Hall–Kier alpha value is -1.02. The molecule has 0 aromatic heterocycles. The second kappa shape index (κ2) is 12.7. The number of rotatable bonds is 13. The zero-order chi connectivity index (χ0) is 15.2. The van der Waals surface area contributed by atoms with E-state index in [1.165, 1.54) is 50.5 Å². The molecule has 0 radical (unpaired) electrons. The third-order valence-electron chi connectivity index (χ3n) is 3.81. The highest BCUT2D eigenvalue weighted by Gasteiger charge is 1.97. The van der Waals surface area contributed by atoms with Crippen molar-refractivity contribution in [2.75, 3.05) is 13.2 Å². The maximum absolute atomic E-state index is 8.80. The molecule has 1 N–H and O–H groups in total. The third kappa shape index (κ3) is 9.52. The smallest absolute Gasteiger partial charge is 0.119 e. The lowest BCUT2D eigenvalue weighted by Gasteiger charge is -2.07. The van der Waals surface area contributed by atoms with Crippen LogP contribution in [0.1, 0.15) is 70.3 Å². The van der Waals surface area contributed by atoms with E-state index in [9.17, 15) is 0 Å². The van der Waals surface area contributed by atoms with Crippen molar-refractivity contribution in [1.29, 1.82) is 0 Å². The minimum Gasteiger partial charge on any atom is -0.494 e. The van der Waals surface area contributed by atoms with E-state index in [0.29, 0.717) is 0 Å². The number of ether oxygens (including phenoxy) is 1. The first kappa shape index (κ1) is 18.0. The van der Waals surface area contributed by atoms with E-state index in [1.807, 2.05) is 12.1 Å². The zero-order valence-electron chi connectivity index (χ0n) is 13.7. The van der Waals surface area contributed by atoms with Gasteiger partial charge in [0.2, 0.25) is 0 Å². The largest absolute Gasteiger partial charge is 0.494 e. The highest BCUT2D eigenvalue weighted by molar-refractivity contribution is 5.27. The maximum atomic E-state index is 8.80. The topological polar surface area (TPSA) is 29.5 Å². The van der Waals surface area contributed by atoms with Crippen molar-refractivity contribution < 1.29 is 9.84 Å². The van der Waals surface area contributed by atoms with E-state index < -0.39 is 0 Å². The summed E-state index contributed by atoms with van der Waals surface area (Å²) in [7, 11) is 0. The molecule has 2 nitrogen and oxygen atoms in total. The van der Waals surface area contributed by atoms with Crippen molar-refractivity contribution in [3.63, 3.8) is 0 Å². The molecular formula is C19H32O2. The Balaban J connectivity index is 1.99. The minimum absolute atomic E-state index is 0.261. The fourth-order valence-corrected chi connectivity index (χ4v) is 2.46. The summed E-state index contributed by atoms with van der Waals surface area (Å²) in [4.78, 5) is 0. The van der Waals surface area contributed by atoms with Gasteiger partial charge in [-0.05, 0) is 37.0 Å². The fourth-order valence-electron chi connectivity index (χ4n) is 2.46. The van der Waals surface area contributed by atoms with Gasteiger partial charge < -0.3 is 9.84 Å². The van der Waals surface area contributed by atoms with Crippen molar-refractivity contribution in [2.24, 2.45) is 0 Å². The summed E-state index contributed by atoms with van der Waals surface area (Å²) in [6.45, 7) is 3.35. The zero-order valence-corrected chi connectivity index (χ0v) is 13.7. The molecule has 0 spiro atoms. The van der Waals surface area contributed by atoms with Crippen LogP contribution in [0.25, 0.3) is 0 Å². The Kier molecular flexibility index (Phi) is 10.9. The molecular weight excluding hydrogens is 260 g/mol. The molecule has 2 heteroatoms. The Morgan fingerprint density at radius 1 is 0.810 bits per heavy atom. The van der Waals surface area contributed by atoms with Crippen LogP contribution in [0, 0.1) is 0 Å². The van der Waals surface area contributed by atoms with Crippen molar-refractivity contribution >= 4 is 0 Å². The number of aliphatic hydroxyl groups is 1. The summed E-state index contributed by atoms with van der Waals surface area (Å²) in [5, 5.41) is 8.80. The van der Waals surface area contributed by atoms with Crippen LogP contribution in [0.4, 0.5) is 0 Å². The predicted molar refractivity (Wildman–Crippen MR) is 90.0 cm³/mol. The lowest BCUT2D eigenvalue weighted by atomic mass is 10.1. The van der Waals surface area contributed by atoms with Gasteiger partial charge in [0.1, 0.15) is 5.75 Å². The molecule has 21 heavy (non-hydrogen) atoms. The Morgan fingerprint density at radius 3 is 2.05 bits per heavy atom. The molecule has 0 aliphatic carbocycles. The summed E-state index contributed by atoms with van der Waals surface area (Å²) < 4.78 is 5.76. The SMILES string of the molecule is CCCCCCCCCCOc1ccc(CCCO)cc1. The van der Waals surface area contributed by atoms with Crippen LogP contribution in [-0.2, 0) is 6.42 Å². The van der Waals surface area contributed by atoms with Gasteiger partial charge in [-0.3, -0.25) is 0 Å². The van der Waals surface area contributed by atoms with Gasteiger partial charge in [-0.25, -0.2) is 0 Å². The van der Waals surface area contributed by atoms with E-state index in [2.05, 4.69) is 19.1 Å². The molecule has 0 saturated heterocycles. The molecule has 1 aromatic rings. The van der Waals surface area contributed by atoms with E-state index >= 15 is 0 Å². The molecule has 0 amide bonds. The molecule has 120 valence electrons. The van der Waals surface area contributed by atoms with Crippen LogP contribution < -0.4 is 4.74 Å². The van der Waals surface area contributed by atoms with Gasteiger partial charge >= 0.3 is 0 Å². The summed E-state index contributed by atoms with van der Waals surface area (Å²) in [6.07, 6.45) is 12.4. The van der Waals surface area contributed by atoms with Gasteiger partial charge in [0.25, 0.3) is 0 Å². The molecule has 0 atom stereocenters. The second-order valence-corrected chi connectivity index (χ2v) is 5.79. The Labute approximate surface area is 130 Å². The quantitative estimate of drug-likeness (QED) is 0.511. The normalized spacial score (nSPS) is 10.8. The van der Waals surface area contributed by atoms with Gasteiger partial charge in [-0.2, -0.15) is 0 Å². The number of aliphatic hydroxyl groups excluding tert-OH is 1. The van der Waals surface area contributed by atoms with Crippen molar-refractivity contribution in [2.45, 2.75) is 71.1 Å². The number of hydrogen-bond donors (Lipinski definition) is 1. The van der Waals surface area contributed by atoms with Gasteiger partial charge in [-0.1, -0.05) is 64.0 Å². The van der Waals surface area contributed by atoms with Crippen molar-refractivity contribution in [3.05, 3.63) is 29.8 Å². The van der Waals surface area contributed by atoms with Gasteiger partial charge in [0, 0.05) is 6.61 Å². The van der Waals surface area contributed by atoms with Crippen molar-refractivity contribution in [1.82, 2.24) is 0 Å². The highest BCUT2D eigenvalue weighted by Crippen LogP contribution is 2.14. The molecule has 1 aromatic carbocycles. The van der Waals surface area contributed by atoms with Crippen LogP contribution in [0.15, 0.2) is 24.3 Å². The van der Waals surface area contributed by atoms with Crippen LogP contribution in [-0.4, -0.2) is 18.3 Å². The van der Waals surface area contributed by atoms with Gasteiger partial charge in [0.05, 0.1) is 6.61 Å². The first-order chi connectivity index (χ1) is 10.4. The fraction of sp³-hybridized carbons (Fsp3) is 0.684. The van der Waals surface area contributed by atoms with Crippen LogP contribution in [0.3, 0.4) is 0 Å². The summed E-state index contributed by atoms with van der Waals surface area (Å²) in [6, 6.07) is 8.27. The second-order valence-electron chi connectivity index (χ2n) is 5.79. The van der Waals surface area contributed by atoms with E-state index in [1.54, 1.807) is 0 Å². The molecule has 0 aliphatic rings. The minimum atomic E-state index is 0.261. The average Bonchev–Trinajstić information content (AvgIpc) is 2.52. The third-order valence-corrected chi connectivity index (χ3v) is 3.81. The number of unbranched alkanes of at least 4 members (excludes halogenated alkanes) is 7. The number of aryl methyl sites for hydroxylation is 1. The maximum Gasteiger partial charge on any atom is 0.119 e. The number of benzene rings is 1. The van der Waals surface area contributed by atoms with Gasteiger partial charge in [0.15, 0.2) is 0 Å². The van der Waals surface area contributed by atoms with Crippen LogP contribution >= 0.6 is 0 Å². The van der Waals surface area contributed by atoms with E-state index in [4.69, 9.17) is 9.84 Å².